The summed E-state index contributed by atoms with van der Waals surface area (Å²) in [6, 6.07) is 0. The summed E-state index contributed by atoms with van der Waals surface area (Å²) in [7, 11) is 0. The van der Waals surface area contributed by atoms with Crippen LogP contribution in [0.1, 0.15) is 20.3 Å². The molecule has 18 heavy (non-hydrogen) atoms. The Morgan fingerprint density at radius 3 is 2.94 bits per heavy atom. The van der Waals surface area contributed by atoms with Gasteiger partial charge >= 0.3 is 5.97 Å². The van der Waals surface area contributed by atoms with Gasteiger partial charge in [-0.1, -0.05) is 25.4 Å². The SMILES string of the molecule is CC1(C)CC(C(=O)O)C2=C1N/C(=C\C(=N)Cl)N=C2. The van der Waals surface area contributed by atoms with Crippen molar-refractivity contribution >= 4 is 29.0 Å². The molecular weight excluding hydrogens is 254 g/mol. The topological polar surface area (TPSA) is 85.5 Å². The number of allylic oxidation sites excluding steroid dienone is 2. The van der Waals surface area contributed by atoms with E-state index in [-0.39, 0.29) is 10.6 Å². The van der Waals surface area contributed by atoms with Gasteiger partial charge in [0, 0.05) is 29.0 Å². The van der Waals surface area contributed by atoms with E-state index in [9.17, 15) is 9.90 Å². The normalized spacial score (nSPS) is 27.1. The maximum absolute atomic E-state index is 11.2. The Balaban J connectivity index is 2.38. The van der Waals surface area contributed by atoms with Crippen LogP contribution >= 0.6 is 11.6 Å². The van der Waals surface area contributed by atoms with Crippen LogP contribution in [0.25, 0.3) is 0 Å². The van der Waals surface area contributed by atoms with Crippen molar-refractivity contribution in [2.24, 2.45) is 16.3 Å². The van der Waals surface area contributed by atoms with E-state index in [4.69, 9.17) is 17.0 Å². The molecule has 0 saturated heterocycles. The minimum Gasteiger partial charge on any atom is -0.481 e. The molecule has 3 N–H and O–H groups in total. The van der Waals surface area contributed by atoms with Crippen molar-refractivity contribution in [2.45, 2.75) is 20.3 Å². The number of aliphatic carboxylic acids is 1. The molecule has 5 nitrogen and oxygen atoms in total. The second-order valence-electron chi connectivity index (χ2n) is 5.07. The quantitative estimate of drug-likeness (QED) is 0.670. The van der Waals surface area contributed by atoms with E-state index in [0.29, 0.717) is 17.8 Å². The fourth-order valence-corrected chi connectivity index (χ4v) is 2.50. The maximum atomic E-state index is 11.2. The van der Waals surface area contributed by atoms with Crippen LogP contribution < -0.4 is 5.32 Å². The molecule has 1 unspecified atom stereocenters. The Morgan fingerprint density at radius 2 is 2.39 bits per heavy atom. The first-order valence-electron chi connectivity index (χ1n) is 5.55. The number of nitrogens with one attached hydrogen (secondary N) is 2. The van der Waals surface area contributed by atoms with Crippen LogP contribution in [0.4, 0.5) is 0 Å². The number of rotatable bonds is 2. The first kappa shape index (κ1) is 12.8. The molecule has 0 aromatic rings. The number of carbonyl (C=O) groups is 1. The van der Waals surface area contributed by atoms with Crippen LogP contribution in [0.5, 0.6) is 0 Å². The highest BCUT2D eigenvalue weighted by molar-refractivity contribution is 6.67. The first-order chi connectivity index (χ1) is 8.31. The molecular formula is C12H14ClN3O2. The van der Waals surface area contributed by atoms with Gasteiger partial charge in [-0.05, 0) is 6.42 Å². The number of nitrogens with zero attached hydrogens (tertiary/aromatic N) is 1. The van der Waals surface area contributed by atoms with Gasteiger partial charge in [0.05, 0.1) is 5.92 Å². The minimum absolute atomic E-state index is 0.121. The summed E-state index contributed by atoms with van der Waals surface area (Å²) in [5.41, 5.74) is 1.32. The van der Waals surface area contributed by atoms with Crippen molar-refractivity contribution in [3.63, 3.8) is 0 Å². The molecule has 0 aromatic heterocycles. The van der Waals surface area contributed by atoms with Crippen LogP contribution in [0, 0.1) is 16.7 Å². The van der Waals surface area contributed by atoms with E-state index in [1.807, 2.05) is 13.8 Å². The Bertz CT molecular complexity index is 517. The van der Waals surface area contributed by atoms with Crippen LogP contribution in [0.15, 0.2) is 28.2 Å². The van der Waals surface area contributed by atoms with Crippen LogP contribution in [0.3, 0.4) is 0 Å². The third kappa shape index (κ3) is 2.18. The number of hydrogen-bond donors (Lipinski definition) is 3. The summed E-state index contributed by atoms with van der Waals surface area (Å²) >= 11 is 5.49. The molecule has 2 aliphatic rings. The molecule has 1 aliphatic carbocycles. The van der Waals surface area contributed by atoms with Gasteiger partial charge in [0.1, 0.15) is 11.0 Å². The zero-order valence-electron chi connectivity index (χ0n) is 10.1. The molecule has 0 bridgehead atoms. The summed E-state index contributed by atoms with van der Waals surface area (Å²) in [6.07, 6.45) is 3.49. The fraction of sp³-hybridized carbons (Fsp3) is 0.417. The minimum atomic E-state index is -0.834. The van der Waals surface area contributed by atoms with E-state index in [0.717, 1.165) is 5.70 Å². The second-order valence-corrected chi connectivity index (χ2v) is 5.48. The predicted octanol–water partition coefficient (Wildman–Crippen LogP) is 2.10. The van der Waals surface area contributed by atoms with E-state index in [1.165, 1.54) is 6.08 Å². The fourth-order valence-electron chi connectivity index (χ4n) is 2.40. The van der Waals surface area contributed by atoms with Crippen molar-refractivity contribution in [1.29, 1.82) is 5.41 Å². The van der Waals surface area contributed by atoms with E-state index in [2.05, 4.69) is 10.3 Å². The summed E-state index contributed by atoms with van der Waals surface area (Å²) < 4.78 is 0. The third-order valence-corrected chi connectivity index (χ3v) is 3.32. The molecule has 2 rings (SSSR count). The van der Waals surface area contributed by atoms with E-state index in [1.54, 1.807) is 6.21 Å². The van der Waals surface area contributed by atoms with Crippen LogP contribution in [0.2, 0.25) is 0 Å². The van der Waals surface area contributed by atoms with Crippen molar-refractivity contribution in [2.75, 3.05) is 0 Å². The van der Waals surface area contributed by atoms with Crippen molar-refractivity contribution < 1.29 is 9.90 Å². The Labute approximate surface area is 110 Å². The lowest BCUT2D eigenvalue weighted by molar-refractivity contribution is -0.140. The first-order valence-corrected chi connectivity index (χ1v) is 5.93. The molecule has 0 saturated carbocycles. The molecule has 1 atom stereocenters. The summed E-state index contributed by atoms with van der Waals surface area (Å²) in [5.74, 6) is -0.894. The molecule has 1 heterocycles. The zero-order chi connectivity index (χ0) is 13.5. The number of hydrogen-bond acceptors (Lipinski definition) is 4. The van der Waals surface area contributed by atoms with Gasteiger partial charge in [-0.2, -0.15) is 0 Å². The van der Waals surface area contributed by atoms with Gasteiger partial charge in [0.25, 0.3) is 0 Å². The highest BCUT2D eigenvalue weighted by atomic mass is 35.5. The number of aliphatic imine (C=N–C) groups is 1. The number of carboxylic acid groups (broad SMARTS) is 1. The highest BCUT2D eigenvalue weighted by Gasteiger charge is 2.43. The molecule has 6 heteroatoms. The van der Waals surface area contributed by atoms with Crippen molar-refractivity contribution in [1.82, 2.24) is 5.32 Å². The van der Waals surface area contributed by atoms with Gasteiger partial charge in [-0.25, -0.2) is 4.99 Å². The van der Waals surface area contributed by atoms with Crippen LogP contribution in [-0.2, 0) is 4.79 Å². The van der Waals surface area contributed by atoms with E-state index < -0.39 is 11.9 Å². The second kappa shape index (κ2) is 4.24. The molecule has 0 radical (unpaired) electrons. The molecule has 0 spiro atoms. The lowest BCUT2D eigenvalue weighted by Crippen LogP contribution is -2.26. The van der Waals surface area contributed by atoms with Crippen molar-refractivity contribution in [3.8, 4) is 0 Å². The highest BCUT2D eigenvalue weighted by Crippen LogP contribution is 2.45. The Hall–Kier alpha value is -1.62. The van der Waals surface area contributed by atoms with Gasteiger partial charge in [-0.15, -0.1) is 0 Å². The van der Waals surface area contributed by atoms with E-state index >= 15 is 0 Å². The van der Waals surface area contributed by atoms with Crippen LogP contribution in [-0.4, -0.2) is 22.5 Å². The summed E-state index contributed by atoms with van der Waals surface area (Å²) in [4.78, 5) is 15.3. The van der Waals surface area contributed by atoms with Gasteiger partial charge in [0.15, 0.2) is 0 Å². The van der Waals surface area contributed by atoms with Gasteiger partial charge in [-0.3, -0.25) is 10.2 Å². The smallest absolute Gasteiger partial charge is 0.311 e. The van der Waals surface area contributed by atoms with Gasteiger partial charge in [0.2, 0.25) is 0 Å². The monoisotopic (exact) mass is 267 g/mol. The Kier molecular flexibility index (Phi) is 3.02. The zero-order valence-corrected chi connectivity index (χ0v) is 10.9. The van der Waals surface area contributed by atoms with Crippen molar-refractivity contribution in [3.05, 3.63) is 23.2 Å². The predicted molar refractivity (Wildman–Crippen MR) is 69.8 cm³/mol. The van der Waals surface area contributed by atoms with Gasteiger partial charge < -0.3 is 10.4 Å². The molecule has 0 aromatic carbocycles. The Morgan fingerprint density at radius 1 is 1.72 bits per heavy atom. The largest absolute Gasteiger partial charge is 0.481 e. The molecule has 96 valence electrons. The number of carboxylic acids is 1. The molecule has 0 fully saturated rings. The maximum Gasteiger partial charge on any atom is 0.311 e. The standard InChI is InChI=1S/C12H14ClN3O2/c1-12(2)4-6(11(17)18)7-5-15-9(3-8(13)14)16-10(7)12/h3,5-6,14,16H,4H2,1-2H3,(H,17,18)/b9-3-,14-8?. The lowest BCUT2D eigenvalue weighted by atomic mass is 9.88. The summed E-state index contributed by atoms with van der Waals surface area (Å²) in [5, 5.41) is 19.3. The lowest BCUT2D eigenvalue weighted by Gasteiger charge is -2.25. The molecule has 0 amide bonds. The average molecular weight is 268 g/mol. The third-order valence-electron chi connectivity index (χ3n) is 3.21. The molecule has 1 aliphatic heterocycles. The number of halogens is 1. The average Bonchev–Trinajstić information content (AvgIpc) is 2.50. The summed E-state index contributed by atoms with van der Waals surface area (Å²) in [6.45, 7) is 3.97.